The Bertz CT molecular complexity index is 395. The van der Waals surface area contributed by atoms with Crippen LogP contribution in [0.2, 0.25) is 0 Å². The van der Waals surface area contributed by atoms with Gasteiger partial charge in [0.1, 0.15) is 0 Å². The van der Waals surface area contributed by atoms with Crippen LogP contribution in [0.3, 0.4) is 0 Å². The van der Waals surface area contributed by atoms with Crippen molar-refractivity contribution in [2.45, 2.75) is 12.8 Å². The Morgan fingerprint density at radius 2 is 2.21 bits per heavy atom. The summed E-state index contributed by atoms with van der Waals surface area (Å²) in [6.07, 6.45) is 0. The Labute approximate surface area is 83.6 Å². The highest BCUT2D eigenvalue weighted by Crippen LogP contribution is 2.28. The summed E-state index contributed by atoms with van der Waals surface area (Å²) >= 11 is 0. The van der Waals surface area contributed by atoms with Crippen LogP contribution in [0.25, 0.3) is 0 Å². The molecule has 0 saturated heterocycles. The minimum absolute atomic E-state index is 0.0260. The average molecular weight is 187 g/mol. The number of hydrogen-bond donors (Lipinski definition) is 1. The van der Waals surface area contributed by atoms with E-state index >= 15 is 0 Å². The summed E-state index contributed by atoms with van der Waals surface area (Å²) in [7, 11) is 0. The summed E-state index contributed by atoms with van der Waals surface area (Å²) < 4.78 is 0. The molecule has 2 heteroatoms. The second-order valence-corrected chi connectivity index (χ2v) is 3.70. The normalized spacial score (nSPS) is 19.8. The van der Waals surface area contributed by atoms with Crippen molar-refractivity contribution in [1.29, 1.82) is 0 Å². The molecule has 1 N–H and O–H groups in total. The second-order valence-electron chi connectivity index (χ2n) is 3.70. The van der Waals surface area contributed by atoms with E-state index in [9.17, 15) is 4.79 Å². The summed E-state index contributed by atoms with van der Waals surface area (Å²) in [5.41, 5.74) is 2.98. The number of nitrogens with one attached hydrogen (secondary N) is 1. The molecule has 0 saturated carbocycles. The first-order chi connectivity index (χ1) is 6.70. The average Bonchev–Trinajstić information content (AvgIpc) is 2.18. The van der Waals surface area contributed by atoms with Crippen LogP contribution in [0.4, 0.5) is 0 Å². The van der Waals surface area contributed by atoms with Crippen LogP contribution in [0, 0.1) is 0 Å². The Balaban J connectivity index is 2.52. The molecule has 1 aromatic carbocycles. The lowest BCUT2D eigenvalue weighted by Gasteiger charge is -2.25. The van der Waals surface area contributed by atoms with Gasteiger partial charge in [0, 0.05) is 18.0 Å². The topological polar surface area (TPSA) is 29.1 Å². The van der Waals surface area contributed by atoms with E-state index in [1.807, 2.05) is 31.2 Å². The van der Waals surface area contributed by atoms with E-state index < -0.39 is 0 Å². The van der Waals surface area contributed by atoms with Gasteiger partial charge in [-0.3, -0.25) is 4.79 Å². The third-order valence-electron chi connectivity index (χ3n) is 2.64. The lowest BCUT2D eigenvalue weighted by molar-refractivity contribution is 0.0942. The Morgan fingerprint density at radius 1 is 1.50 bits per heavy atom. The molecule has 0 aromatic heterocycles. The maximum absolute atomic E-state index is 11.5. The third kappa shape index (κ3) is 1.33. The van der Waals surface area contributed by atoms with Gasteiger partial charge in [-0.25, -0.2) is 0 Å². The minimum Gasteiger partial charge on any atom is -0.351 e. The molecule has 1 aliphatic rings. The molecule has 1 atom stereocenters. The Morgan fingerprint density at radius 3 is 2.93 bits per heavy atom. The lowest BCUT2D eigenvalue weighted by atomic mass is 9.86. The zero-order valence-corrected chi connectivity index (χ0v) is 8.21. The molecule has 2 nitrogen and oxygen atoms in total. The molecule has 1 amide bonds. The van der Waals surface area contributed by atoms with Crippen molar-refractivity contribution < 1.29 is 4.79 Å². The molecule has 0 spiro atoms. The van der Waals surface area contributed by atoms with Gasteiger partial charge in [0.25, 0.3) is 5.91 Å². The maximum Gasteiger partial charge on any atom is 0.251 e. The monoisotopic (exact) mass is 187 g/mol. The number of benzene rings is 1. The molecular weight excluding hydrogens is 174 g/mol. The van der Waals surface area contributed by atoms with Gasteiger partial charge >= 0.3 is 0 Å². The van der Waals surface area contributed by atoms with Gasteiger partial charge in [-0.1, -0.05) is 30.4 Å². The Kier molecular flexibility index (Phi) is 2.12. The molecule has 1 heterocycles. The van der Waals surface area contributed by atoms with Crippen molar-refractivity contribution >= 4 is 5.91 Å². The van der Waals surface area contributed by atoms with Gasteiger partial charge in [0.15, 0.2) is 0 Å². The van der Waals surface area contributed by atoms with E-state index in [2.05, 4.69) is 11.9 Å². The van der Waals surface area contributed by atoms with Gasteiger partial charge in [0.05, 0.1) is 0 Å². The van der Waals surface area contributed by atoms with E-state index in [0.29, 0.717) is 6.54 Å². The van der Waals surface area contributed by atoms with Gasteiger partial charge in [-0.05, 0) is 18.6 Å². The molecule has 0 fully saturated rings. The van der Waals surface area contributed by atoms with Gasteiger partial charge < -0.3 is 5.32 Å². The first-order valence-corrected chi connectivity index (χ1v) is 4.72. The van der Waals surface area contributed by atoms with Gasteiger partial charge in [-0.15, -0.1) is 0 Å². The zero-order valence-electron chi connectivity index (χ0n) is 8.21. The standard InChI is InChI=1S/C12H13NO/c1-8(2)11-7-13-12(14)10-6-4-3-5-9(10)11/h3-6,11H,1,7H2,2H3,(H,13,14). The highest BCUT2D eigenvalue weighted by Gasteiger charge is 2.24. The molecule has 2 rings (SSSR count). The number of hydrogen-bond acceptors (Lipinski definition) is 1. The fraction of sp³-hybridized carbons (Fsp3) is 0.250. The highest BCUT2D eigenvalue weighted by atomic mass is 16.1. The van der Waals surface area contributed by atoms with Crippen LogP contribution in [0.5, 0.6) is 0 Å². The number of amides is 1. The third-order valence-corrected chi connectivity index (χ3v) is 2.64. The largest absolute Gasteiger partial charge is 0.351 e. The fourth-order valence-corrected chi connectivity index (χ4v) is 1.85. The van der Waals surface area contributed by atoms with E-state index in [1.54, 1.807) is 0 Å². The quantitative estimate of drug-likeness (QED) is 0.670. The number of fused-ring (bicyclic) bond motifs is 1. The summed E-state index contributed by atoms with van der Waals surface area (Å²) in [4.78, 5) is 11.5. The molecule has 1 unspecified atom stereocenters. The van der Waals surface area contributed by atoms with Gasteiger partial charge in [0.2, 0.25) is 0 Å². The highest BCUT2D eigenvalue weighted by molar-refractivity contribution is 5.97. The number of rotatable bonds is 1. The number of carbonyl (C=O) groups excluding carboxylic acids is 1. The lowest BCUT2D eigenvalue weighted by Crippen LogP contribution is -2.35. The van der Waals surface area contributed by atoms with E-state index in [1.165, 1.54) is 0 Å². The molecule has 72 valence electrons. The molecular formula is C12H13NO. The van der Waals surface area contributed by atoms with Crippen molar-refractivity contribution in [2.75, 3.05) is 6.54 Å². The van der Waals surface area contributed by atoms with Gasteiger partial charge in [-0.2, -0.15) is 0 Å². The van der Waals surface area contributed by atoms with Crippen LogP contribution >= 0.6 is 0 Å². The molecule has 1 aliphatic heterocycles. The summed E-state index contributed by atoms with van der Waals surface area (Å²) in [6.45, 7) is 6.62. The molecule has 14 heavy (non-hydrogen) atoms. The first-order valence-electron chi connectivity index (χ1n) is 4.72. The molecule has 0 bridgehead atoms. The van der Waals surface area contributed by atoms with Crippen LogP contribution in [0.1, 0.15) is 28.8 Å². The predicted molar refractivity (Wildman–Crippen MR) is 56.3 cm³/mol. The summed E-state index contributed by atoms with van der Waals surface area (Å²) in [5.74, 6) is 0.294. The van der Waals surface area contributed by atoms with Crippen LogP contribution in [-0.4, -0.2) is 12.5 Å². The molecule has 0 aliphatic carbocycles. The maximum atomic E-state index is 11.5. The van der Waals surface area contributed by atoms with Crippen LogP contribution in [0.15, 0.2) is 36.4 Å². The second kappa shape index (κ2) is 3.29. The van der Waals surface area contributed by atoms with Crippen molar-refractivity contribution in [3.63, 3.8) is 0 Å². The van der Waals surface area contributed by atoms with E-state index in [-0.39, 0.29) is 11.8 Å². The SMILES string of the molecule is C=C(C)C1CNC(=O)c2ccccc21. The predicted octanol–water partition coefficient (Wildman–Crippen LogP) is 2.09. The van der Waals surface area contributed by atoms with Crippen molar-refractivity contribution in [3.05, 3.63) is 47.5 Å². The fourth-order valence-electron chi connectivity index (χ4n) is 1.85. The van der Waals surface area contributed by atoms with Crippen molar-refractivity contribution in [3.8, 4) is 0 Å². The van der Waals surface area contributed by atoms with Crippen LogP contribution in [-0.2, 0) is 0 Å². The van der Waals surface area contributed by atoms with E-state index in [4.69, 9.17) is 0 Å². The molecule has 1 aromatic rings. The summed E-state index contributed by atoms with van der Waals surface area (Å²) in [6, 6.07) is 7.72. The summed E-state index contributed by atoms with van der Waals surface area (Å²) in [5, 5.41) is 2.87. The zero-order chi connectivity index (χ0) is 10.1. The first kappa shape index (κ1) is 9.00. The van der Waals surface area contributed by atoms with E-state index in [0.717, 1.165) is 16.7 Å². The van der Waals surface area contributed by atoms with Crippen molar-refractivity contribution in [1.82, 2.24) is 5.32 Å². The smallest absolute Gasteiger partial charge is 0.251 e. The number of carbonyl (C=O) groups is 1. The van der Waals surface area contributed by atoms with Crippen molar-refractivity contribution in [2.24, 2.45) is 0 Å². The minimum atomic E-state index is 0.0260. The van der Waals surface area contributed by atoms with Crippen LogP contribution < -0.4 is 5.32 Å². The Hall–Kier alpha value is -1.57. The molecule has 0 radical (unpaired) electrons.